The van der Waals surface area contributed by atoms with Crippen LogP contribution in [0.4, 0.5) is 0 Å². The first-order chi connectivity index (χ1) is 5.95. The average Bonchev–Trinajstić information content (AvgIpc) is 2.28. The first kappa shape index (κ1) is 10.0. The minimum Gasteiger partial charge on any atom is -0.236 e. The summed E-state index contributed by atoms with van der Waals surface area (Å²) in [5.41, 5.74) is 3.67. The Morgan fingerprint density at radius 1 is 1.54 bits per heavy atom. The molecule has 1 heterocycles. The maximum Gasteiger partial charge on any atom is 0.244 e. The summed E-state index contributed by atoms with van der Waals surface area (Å²) in [6, 6.07) is 0.492. The van der Waals surface area contributed by atoms with Gasteiger partial charge >= 0.3 is 0 Å². The fraction of sp³-hybridized carbons (Fsp3) is 0.545. The summed E-state index contributed by atoms with van der Waals surface area (Å²) in [6.07, 6.45) is 2.13. The summed E-state index contributed by atoms with van der Waals surface area (Å²) in [5, 5.41) is 0. The fourth-order valence-electron chi connectivity index (χ4n) is 1.61. The van der Waals surface area contributed by atoms with Crippen molar-refractivity contribution < 1.29 is 4.57 Å². The van der Waals surface area contributed by atoms with Crippen LogP contribution < -0.4 is 4.57 Å². The van der Waals surface area contributed by atoms with Gasteiger partial charge in [0.1, 0.15) is 5.69 Å². The molecule has 1 aromatic heterocycles. The number of imidazole rings is 1. The van der Waals surface area contributed by atoms with Crippen molar-refractivity contribution in [1.29, 1.82) is 0 Å². The summed E-state index contributed by atoms with van der Waals surface area (Å²) in [7, 11) is 2.07. The Balaban J connectivity index is 3.35. The molecule has 0 unspecified atom stereocenters. The van der Waals surface area contributed by atoms with Crippen LogP contribution in [0.5, 0.6) is 0 Å². The summed E-state index contributed by atoms with van der Waals surface area (Å²) in [6.45, 7) is 12.6. The molecule has 0 aliphatic heterocycles. The molecule has 0 spiro atoms. The quantitative estimate of drug-likeness (QED) is 0.616. The molecule has 0 aliphatic rings. The normalized spacial score (nSPS) is 10.9. The van der Waals surface area contributed by atoms with Gasteiger partial charge in [0.2, 0.25) is 6.33 Å². The van der Waals surface area contributed by atoms with Gasteiger partial charge in [-0.05, 0) is 26.3 Å². The van der Waals surface area contributed by atoms with Crippen LogP contribution in [0.1, 0.15) is 38.2 Å². The molecule has 0 atom stereocenters. The van der Waals surface area contributed by atoms with Crippen molar-refractivity contribution in [2.24, 2.45) is 7.05 Å². The lowest BCUT2D eigenvalue weighted by Crippen LogP contribution is -2.37. The zero-order chi connectivity index (χ0) is 10.2. The molecule has 0 N–H and O–H groups in total. The standard InChI is InChI=1S/C11H19N2/c1-8(2)11-10(5)12(6)7-13(11)9(3)4/h7,9H,1H2,2-6H3/q+1. The highest BCUT2D eigenvalue weighted by atomic mass is 15.1. The Morgan fingerprint density at radius 3 is 2.38 bits per heavy atom. The van der Waals surface area contributed by atoms with E-state index in [0.717, 1.165) is 5.57 Å². The molecule has 72 valence electrons. The molecule has 0 bridgehead atoms. The molecule has 13 heavy (non-hydrogen) atoms. The topological polar surface area (TPSA) is 8.81 Å². The maximum absolute atomic E-state index is 4.01. The lowest BCUT2D eigenvalue weighted by atomic mass is 10.2. The molecule has 0 saturated carbocycles. The van der Waals surface area contributed by atoms with Gasteiger partial charge < -0.3 is 0 Å². The number of hydrogen-bond acceptors (Lipinski definition) is 0. The molecule has 0 aromatic carbocycles. The van der Waals surface area contributed by atoms with Crippen molar-refractivity contribution in [3.05, 3.63) is 24.3 Å². The molecule has 2 nitrogen and oxygen atoms in total. The van der Waals surface area contributed by atoms with E-state index in [4.69, 9.17) is 0 Å². The van der Waals surface area contributed by atoms with E-state index in [-0.39, 0.29) is 0 Å². The van der Waals surface area contributed by atoms with Gasteiger partial charge in [-0.25, -0.2) is 9.13 Å². The summed E-state index contributed by atoms with van der Waals surface area (Å²) >= 11 is 0. The van der Waals surface area contributed by atoms with Gasteiger partial charge in [0, 0.05) is 6.92 Å². The van der Waals surface area contributed by atoms with Crippen LogP contribution in [-0.2, 0) is 7.05 Å². The van der Waals surface area contributed by atoms with E-state index in [9.17, 15) is 0 Å². The van der Waals surface area contributed by atoms with E-state index in [1.807, 2.05) is 0 Å². The second kappa shape index (κ2) is 3.36. The Kier molecular flexibility index (Phi) is 2.60. The van der Waals surface area contributed by atoms with Gasteiger partial charge in [0.15, 0.2) is 5.69 Å². The van der Waals surface area contributed by atoms with E-state index in [1.165, 1.54) is 11.4 Å². The zero-order valence-electron chi connectivity index (χ0n) is 9.26. The van der Waals surface area contributed by atoms with Crippen LogP contribution in [0.3, 0.4) is 0 Å². The number of hydrogen-bond donors (Lipinski definition) is 0. The maximum atomic E-state index is 4.01. The van der Waals surface area contributed by atoms with Gasteiger partial charge in [-0.15, -0.1) is 0 Å². The summed E-state index contributed by atoms with van der Waals surface area (Å²) in [5.74, 6) is 0. The molecule has 0 aliphatic carbocycles. The summed E-state index contributed by atoms with van der Waals surface area (Å²) < 4.78 is 4.40. The third kappa shape index (κ3) is 1.67. The largest absolute Gasteiger partial charge is 0.244 e. The van der Waals surface area contributed by atoms with E-state index < -0.39 is 0 Å². The lowest BCUT2D eigenvalue weighted by molar-refractivity contribution is -0.717. The van der Waals surface area contributed by atoms with Crippen LogP contribution in [-0.4, -0.2) is 4.57 Å². The molecule has 1 aromatic rings. The molecule has 2 heteroatoms. The van der Waals surface area contributed by atoms with Gasteiger partial charge in [0.05, 0.1) is 13.1 Å². The number of rotatable bonds is 2. The van der Waals surface area contributed by atoms with Crippen LogP contribution in [0.25, 0.3) is 5.57 Å². The number of allylic oxidation sites excluding steroid dienone is 1. The number of aryl methyl sites for hydroxylation is 1. The van der Waals surface area contributed by atoms with Crippen LogP contribution in [0, 0.1) is 6.92 Å². The minimum atomic E-state index is 0.492. The fourth-order valence-corrected chi connectivity index (χ4v) is 1.61. The van der Waals surface area contributed by atoms with Crippen LogP contribution in [0.15, 0.2) is 12.9 Å². The van der Waals surface area contributed by atoms with E-state index in [2.05, 4.69) is 56.8 Å². The SMILES string of the molecule is C=C(C)c1c(C)n(C)c[n+]1C(C)C. The Hall–Kier alpha value is -1.05. The molecular weight excluding hydrogens is 160 g/mol. The van der Waals surface area contributed by atoms with Gasteiger partial charge in [0.25, 0.3) is 0 Å². The van der Waals surface area contributed by atoms with E-state index in [1.54, 1.807) is 0 Å². The van der Waals surface area contributed by atoms with Crippen molar-refractivity contribution in [3.8, 4) is 0 Å². The van der Waals surface area contributed by atoms with Gasteiger partial charge in [-0.3, -0.25) is 0 Å². The smallest absolute Gasteiger partial charge is 0.236 e. The second-order valence-electron chi connectivity index (χ2n) is 3.94. The molecule has 0 fully saturated rings. The van der Waals surface area contributed by atoms with Crippen molar-refractivity contribution in [1.82, 2.24) is 4.57 Å². The number of nitrogens with zero attached hydrogens (tertiary/aromatic N) is 2. The first-order valence-corrected chi connectivity index (χ1v) is 4.68. The Morgan fingerprint density at radius 2 is 2.08 bits per heavy atom. The van der Waals surface area contributed by atoms with Crippen molar-refractivity contribution in [3.63, 3.8) is 0 Å². The molecular formula is C11H19N2+. The van der Waals surface area contributed by atoms with Crippen LogP contribution >= 0.6 is 0 Å². The summed E-state index contributed by atoms with van der Waals surface area (Å²) in [4.78, 5) is 0. The predicted octanol–water partition coefficient (Wildman–Crippen LogP) is 2.24. The Labute approximate surface area is 80.5 Å². The van der Waals surface area contributed by atoms with Crippen molar-refractivity contribution in [2.45, 2.75) is 33.7 Å². The first-order valence-electron chi connectivity index (χ1n) is 4.68. The molecule has 0 saturated heterocycles. The van der Waals surface area contributed by atoms with Crippen molar-refractivity contribution >= 4 is 5.57 Å². The molecule has 1 rings (SSSR count). The Bertz CT molecular complexity index is 332. The number of aromatic nitrogens is 2. The lowest BCUT2D eigenvalue weighted by Gasteiger charge is -2.04. The monoisotopic (exact) mass is 179 g/mol. The molecule has 0 amide bonds. The van der Waals surface area contributed by atoms with Gasteiger partial charge in [-0.2, -0.15) is 0 Å². The third-order valence-electron chi connectivity index (χ3n) is 2.39. The molecule has 0 radical (unpaired) electrons. The third-order valence-corrected chi connectivity index (χ3v) is 2.39. The average molecular weight is 179 g/mol. The zero-order valence-corrected chi connectivity index (χ0v) is 9.26. The van der Waals surface area contributed by atoms with Crippen LogP contribution in [0.2, 0.25) is 0 Å². The van der Waals surface area contributed by atoms with E-state index in [0.29, 0.717) is 6.04 Å². The minimum absolute atomic E-state index is 0.492. The van der Waals surface area contributed by atoms with Gasteiger partial charge in [-0.1, -0.05) is 6.58 Å². The van der Waals surface area contributed by atoms with Crippen molar-refractivity contribution in [2.75, 3.05) is 0 Å². The predicted molar refractivity (Wildman–Crippen MR) is 55.4 cm³/mol. The highest BCUT2D eigenvalue weighted by Crippen LogP contribution is 2.14. The highest BCUT2D eigenvalue weighted by molar-refractivity contribution is 5.57. The second-order valence-corrected chi connectivity index (χ2v) is 3.94. The van der Waals surface area contributed by atoms with E-state index >= 15 is 0 Å². The highest BCUT2D eigenvalue weighted by Gasteiger charge is 2.19.